The van der Waals surface area contributed by atoms with Gasteiger partial charge in [0, 0.05) is 0 Å². The number of aliphatic carboxylic acids is 1. The minimum Gasteiger partial charge on any atom is -0.480 e. The van der Waals surface area contributed by atoms with Crippen LogP contribution < -0.4 is 16.4 Å². The molecule has 7 nitrogen and oxygen atoms in total. The number of nitrogens with two attached hydrogens (primary N) is 1. The monoisotopic (exact) mass is 271 g/mol. The molecule has 7 heteroatoms. The van der Waals surface area contributed by atoms with Crippen LogP contribution in [0.25, 0.3) is 0 Å². The molecule has 0 saturated heterocycles. The quantitative estimate of drug-likeness (QED) is 0.529. The van der Waals surface area contributed by atoms with Crippen molar-refractivity contribution in [2.75, 3.05) is 0 Å². The lowest BCUT2D eigenvalue weighted by molar-refractivity contribution is -0.147. The van der Waals surface area contributed by atoms with Crippen molar-refractivity contribution in [1.82, 2.24) is 10.6 Å². The van der Waals surface area contributed by atoms with Gasteiger partial charge >= 0.3 is 5.97 Å². The van der Waals surface area contributed by atoms with E-state index in [9.17, 15) is 19.5 Å². The Hall–Kier alpha value is -1.63. The average molecular weight is 271 g/mol. The molecule has 0 heterocycles. The molecule has 0 spiro atoms. The molecule has 0 unspecified atom stereocenters. The number of carbonyl (C=O) groups is 3. The molecule has 5 N–H and O–H groups in total. The van der Waals surface area contributed by atoms with Crippen molar-refractivity contribution in [2.24, 2.45) is 5.73 Å². The maximum atomic E-state index is 11.9. The lowest BCUT2D eigenvalue weighted by atomic mass is 9.97. The van der Waals surface area contributed by atoms with Crippen LogP contribution in [0.2, 0.25) is 0 Å². The lowest BCUT2D eigenvalue weighted by Crippen LogP contribution is -2.58. The molecular weight excluding hydrogens is 250 g/mol. The molecule has 2 amide bonds. The van der Waals surface area contributed by atoms with Crippen LogP contribution >= 0.6 is 0 Å². The van der Waals surface area contributed by atoms with Gasteiger partial charge in [-0.1, -0.05) is 12.8 Å². The number of hydrogen-bond donors (Lipinski definition) is 4. The van der Waals surface area contributed by atoms with Gasteiger partial charge in [-0.25, -0.2) is 4.79 Å². The summed E-state index contributed by atoms with van der Waals surface area (Å²) in [5, 5.41) is 14.2. The van der Waals surface area contributed by atoms with Crippen LogP contribution in [0.4, 0.5) is 0 Å². The number of rotatable bonds is 5. The summed E-state index contributed by atoms with van der Waals surface area (Å²) in [7, 11) is 0. The van der Waals surface area contributed by atoms with Gasteiger partial charge in [0.2, 0.25) is 11.8 Å². The molecule has 0 aromatic heterocycles. The molecule has 0 bridgehead atoms. The van der Waals surface area contributed by atoms with Crippen LogP contribution in [0.15, 0.2) is 0 Å². The Labute approximate surface area is 111 Å². The molecule has 1 aliphatic carbocycles. The van der Waals surface area contributed by atoms with E-state index in [4.69, 9.17) is 5.73 Å². The fourth-order valence-corrected chi connectivity index (χ4v) is 2.13. The van der Waals surface area contributed by atoms with E-state index < -0.39 is 35.4 Å². The summed E-state index contributed by atoms with van der Waals surface area (Å²) in [6.45, 7) is 3.01. The number of hydrogen-bond acceptors (Lipinski definition) is 4. The first-order valence-electron chi connectivity index (χ1n) is 6.40. The van der Waals surface area contributed by atoms with Gasteiger partial charge in [-0.05, 0) is 26.7 Å². The second-order valence-electron chi connectivity index (χ2n) is 5.10. The van der Waals surface area contributed by atoms with E-state index in [-0.39, 0.29) is 0 Å². The van der Waals surface area contributed by atoms with Gasteiger partial charge in [-0.15, -0.1) is 0 Å². The van der Waals surface area contributed by atoms with Crippen molar-refractivity contribution in [1.29, 1.82) is 0 Å². The molecule has 108 valence electrons. The van der Waals surface area contributed by atoms with Crippen molar-refractivity contribution in [3.05, 3.63) is 0 Å². The molecule has 2 atom stereocenters. The third kappa shape index (κ3) is 3.66. The van der Waals surface area contributed by atoms with Crippen molar-refractivity contribution in [3.63, 3.8) is 0 Å². The minimum atomic E-state index is -1.19. The summed E-state index contributed by atoms with van der Waals surface area (Å²) < 4.78 is 0. The fraction of sp³-hybridized carbons (Fsp3) is 0.750. The highest BCUT2D eigenvalue weighted by Gasteiger charge is 2.43. The van der Waals surface area contributed by atoms with Crippen molar-refractivity contribution < 1.29 is 19.5 Å². The molecule has 0 aliphatic heterocycles. The van der Waals surface area contributed by atoms with Crippen molar-refractivity contribution in [2.45, 2.75) is 57.2 Å². The molecule has 0 aromatic carbocycles. The second kappa shape index (κ2) is 6.01. The summed E-state index contributed by atoms with van der Waals surface area (Å²) in [4.78, 5) is 34.6. The predicted octanol–water partition coefficient (Wildman–Crippen LogP) is -0.648. The minimum absolute atomic E-state index is 0.419. The average Bonchev–Trinajstić information content (AvgIpc) is 2.78. The molecular formula is C12H21N3O4. The second-order valence-corrected chi connectivity index (χ2v) is 5.10. The highest BCUT2D eigenvalue weighted by Crippen LogP contribution is 2.29. The molecule has 1 rings (SSSR count). The Kier molecular flexibility index (Phi) is 4.88. The van der Waals surface area contributed by atoms with Gasteiger partial charge < -0.3 is 21.5 Å². The van der Waals surface area contributed by atoms with Gasteiger partial charge in [0.1, 0.15) is 11.6 Å². The van der Waals surface area contributed by atoms with Crippen molar-refractivity contribution >= 4 is 17.8 Å². The first-order valence-corrected chi connectivity index (χ1v) is 6.40. The Balaban J connectivity index is 2.62. The molecule has 1 fully saturated rings. The van der Waals surface area contributed by atoms with Crippen LogP contribution in [0.5, 0.6) is 0 Å². The predicted molar refractivity (Wildman–Crippen MR) is 68.2 cm³/mol. The Bertz CT molecular complexity index is 375. The molecule has 19 heavy (non-hydrogen) atoms. The smallest absolute Gasteiger partial charge is 0.329 e. The summed E-state index contributed by atoms with van der Waals surface area (Å²) in [6, 6.07) is -1.52. The summed E-state index contributed by atoms with van der Waals surface area (Å²) >= 11 is 0. The number of carboxylic acids is 1. The third-order valence-corrected chi connectivity index (χ3v) is 3.39. The number of nitrogens with one attached hydrogen (secondary N) is 2. The number of carboxylic acid groups (broad SMARTS) is 1. The Morgan fingerprint density at radius 3 is 2.11 bits per heavy atom. The highest BCUT2D eigenvalue weighted by molar-refractivity contribution is 5.92. The van der Waals surface area contributed by atoms with E-state index in [2.05, 4.69) is 10.6 Å². The SMILES string of the molecule is C[C@H](N)C(=O)N[C@@H](C)C(=O)NC1(C(=O)O)CCCC1. The standard InChI is InChI=1S/C12H21N3O4/c1-7(13)9(16)14-8(2)10(17)15-12(11(18)19)5-3-4-6-12/h7-8H,3-6,13H2,1-2H3,(H,14,16)(H,15,17)(H,18,19)/t7-,8-/m0/s1. The number of amides is 2. The van der Waals surface area contributed by atoms with Gasteiger partial charge in [0.25, 0.3) is 0 Å². The Morgan fingerprint density at radius 2 is 1.68 bits per heavy atom. The largest absolute Gasteiger partial charge is 0.480 e. The first-order chi connectivity index (χ1) is 8.78. The van der Waals surface area contributed by atoms with Crippen LogP contribution in [-0.2, 0) is 14.4 Å². The van der Waals surface area contributed by atoms with Crippen molar-refractivity contribution in [3.8, 4) is 0 Å². The topological polar surface area (TPSA) is 122 Å². The normalized spacial score (nSPS) is 20.4. The molecule has 0 radical (unpaired) electrons. The third-order valence-electron chi connectivity index (χ3n) is 3.39. The van der Waals surface area contributed by atoms with Crippen LogP contribution in [0, 0.1) is 0 Å². The van der Waals surface area contributed by atoms with E-state index in [1.54, 1.807) is 0 Å². The van der Waals surface area contributed by atoms with E-state index >= 15 is 0 Å². The molecule has 1 saturated carbocycles. The Morgan fingerprint density at radius 1 is 1.16 bits per heavy atom. The summed E-state index contributed by atoms with van der Waals surface area (Å²) in [5.74, 6) is -1.97. The molecule has 0 aromatic rings. The fourth-order valence-electron chi connectivity index (χ4n) is 2.13. The summed E-state index contributed by atoms with van der Waals surface area (Å²) in [6.07, 6.45) is 2.38. The van der Waals surface area contributed by atoms with E-state index in [1.165, 1.54) is 13.8 Å². The maximum absolute atomic E-state index is 11.9. The zero-order chi connectivity index (χ0) is 14.6. The number of carbonyl (C=O) groups excluding carboxylic acids is 2. The highest BCUT2D eigenvalue weighted by atomic mass is 16.4. The van der Waals surface area contributed by atoms with Crippen LogP contribution in [0.3, 0.4) is 0 Å². The van der Waals surface area contributed by atoms with Gasteiger partial charge in [-0.3, -0.25) is 9.59 Å². The van der Waals surface area contributed by atoms with Gasteiger partial charge in [0.15, 0.2) is 0 Å². The molecule has 1 aliphatic rings. The van der Waals surface area contributed by atoms with E-state index in [0.29, 0.717) is 12.8 Å². The van der Waals surface area contributed by atoms with E-state index in [0.717, 1.165) is 12.8 Å². The maximum Gasteiger partial charge on any atom is 0.329 e. The van der Waals surface area contributed by atoms with Gasteiger partial charge in [-0.2, -0.15) is 0 Å². The van der Waals surface area contributed by atoms with Crippen LogP contribution in [0.1, 0.15) is 39.5 Å². The zero-order valence-corrected chi connectivity index (χ0v) is 11.2. The summed E-state index contributed by atoms with van der Waals surface area (Å²) in [5.41, 5.74) is 4.19. The van der Waals surface area contributed by atoms with E-state index in [1.807, 2.05) is 0 Å². The lowest BCUT2D eigenvalue weighted by Gasteiger charge is -2.27. The van der Waals surface area contributed by atoms with Gasteiger partial charge in [0.05, 0.1) is 6.04 Å². The zero-order valence-electron chi connectivity index (χ0n) is 11.2. The van der Waals surface area contributed by atoms with Crippen LogP contribution in [-0.4, -0.2) is 40.5 Å². The first kappa shape index (κ1) is 15.4.